The largest absolute Gasteiger partial charge is 0.513 e. The Bertz CT molecular complexity index is 1390. The average Bonchev–Trinajstić information content (AvgIpc) is 3.43. The molecule has 0 unspecified atom stereocenters. The number of halogens is 3. The van der Waals surface area contributed by atoms with E-state index in [4.69, 9.17) is 10.5 Å². The highest BCUT2D eigenvalue weighted by Crippen LogP contribution is 2.58. The van der Waals surface area contributed by atoms with Gasteiger partial charge in [0.15, 0.2) is 0 Å². The van der Waals surface area contributed by atoms with Crippen LogP contribution in [0.15, 0.2) is 67.2 Å². The van der Waals surface area contributed by atoms with Gasteiger partial charge in [0.05, 0.1) is 12.4 Å². The molecule has 2 aromatic carbocycles. The molecule has 0 bridgehead atoms. The lowest BCUT2D eigenvalue weighted by Crippen LogP contribution is -2.41. The fraction of sp³-hybridized carbons (Fsp3) is 0.367. The first kappa shape index (κ1) is 28.3. The van der Waals surface area contributed by atoms with E-state index >= 15 is 0 Å². The summed E-state index contributed by atoms with van der Waals surface area (Å²) in [5, 5.41) is 21.1. The Kier molecular flexibility index (Phi) is 7.58. The molecule has 4 rings (SSSR count). The summed E-state index contributed by atoms with van der Waals surface area (Å²) in [5.41, 5.74) is 2.77. The van der Waals surface area contributed by atoms with Crippen molar-refractivity contribution in [3.63, 3.8) is 0 Å². The third-order valence-electron chi connectivity index (χ3n) is 7.88. The second-order valence-electron chi connectivity index (χ2n) is 10.2. The number of ether oxygens (including phenoxy) is 1. The second kappa shape index (κ2) is 10.4. The van der Waals surface area contributed by atoms with E-state index in [9.17, 15) is 28.2 Å². The number of nitrogens with two attached hydrogens (primary N) is 1. The van der Waals surface area contributed by atoms with Crippen molar-refractivity contribution in [2.24, 2.45) is 11.1 Å². The third-order valence-corrected chi connectivity index (χ3v) is 7.88. The summed E-state index contributed by atoms with van der Waals surface area (Å²) < 4.78 is 51.3. The van der Waals surface area contributed by atoms with Crippen molar-refractivity contribution in [3.05, 3.63) is 78.3 Å². The Morgan fingerprint density at radius 2 is 1.79 bits per heavy atom. The highest BCUT2D eigenvalue weighted by atomic mass is 19.4. The number of fused-ring (bicyclic) bond motifs is 3. The number of aromatic nitrogens is 1. The molecule has 0 aliphatic heterocycles. The van der Waals surface area contributed by atoms with Crippen molar-refractivity contribution in [2.45, 2.75) is 57.9 Å². The van der Waals surface area contributed by atoms with Crippen molar-refractivity contribution in [1.82, 2.24) is 4.57 Å². The molecule has 1 aliphatic rings. The lowest BCUT2D eigenvalue weighted by atomic mass is 9.76. The van der Waals surface area contributed by atoms with E-state index in [1.54, 1.807) is 41.2 Å². The van der Waals surface area contributed by atoms with Gasteiger partial charge in [-0.1, -0.05) is 44.7 Å². The predicted octanol–water partition coefficient (Wildman–Crippen LogP) is 6.46. The van der Waals surface area contributed by atoms with Crippen LogP contribution in [0.3, 0.4) is 0 Å². The van der Waals surface area contributed by atoms with Crippen LogP contribution >= 0.6 is 0 Å². The maximum absolute atomic E-state index is 14.6. The standard InChI is InChI=1S/C30H33F3N2O4/c1-4-28(5-2,16-19(3)36)11-13-39-21-14-23(20-10-12-35(17-20)18-26(34)37)27-22-8-6-7-9-24(22)29(38,25(27)15-21)30(31,32)33/h6-10,12,14-15,17,36,38H,3-5,11,13,16,18H2,1-2H3,(H2,34,37)/t29-/m1/s1. The molecule has 208 valence electrons. The maximum atomic E-state index is 14.6. The minimum atomic E-state index is -5.00. The summed E-state index contributed by atoms with van der Waals surface area (Å²) in [7, 11) is 0. The molecule has 0 saturated carbocycles. The number of rotatable bonds is 11. The molecule has 1 heterocycles. The van der Waals surface area contributed by atoms with Crippen LogP contribution in [0, 0.1) is 5.41 Å². The molecule has 3 aromatic rings. The van der Waals surface area contributed by atoms with Gasteiger partial charge in [0.25, 0.3) is 0 Å². The summed E-state index contributed by atoms with van der Waals surface area (Å²) >= 11 is 0. The van der Waals surface area contributed by atoms with Gasteiger partial charge in [0, 0.05) is 35.5 Å². The SMILES string of the molecule is C=C(O)CC(CC)(CC)CCOc1cc(-c2ccn(CC(N)=O)c2)c2c(c1)[C@@](O)(C(F)(F)F)c1ccccc1-2. The minimum Gasteiger partial charge on any atom is -0.513 e. The van der Waals surface area contributed by atoms with Gasteiger partial charge in [-0.25, -0.2) is 0 Å². The fourth-order valence-electron chi connectivity index (χ4n) is 5.61. The number of hydrogen-bond acceptors (Lipinski definition) is 4. The number of carbonyl (C=O) groups is 1. The maximum Gasteiger partial charge on any atom is 0.425 e. The molecule has 1 aromatic heterocycles. The molecule has 4 N–H and O–H groups in total. The van der Waals surface area contributed by atoms with E-state index in [-0.39, 0.29) is 52.3 Å². The Labute approximate surface area is 225 Å². The highest BCUT2D eigenvalue weighted by molar-refractivity contribution is 5.93. The molecule has 1 aliphatic carbocycles. The van der Waals surface area contributed by atoms with Gasteiger partial charge in [-0.2, -0.15) is 13.2 Å². The van der Waals surface area contributed by atoms with Crippen LogP contribution in [0.4, 0.5) is 13.2 Å². The second-order valence-corrected chi connectivity index (χ2v) is 10.2. The summed E-state index contributed by atoms with van der Waals surface area (Å²) in [5.74, 6) is -0.310. The van der Waals surface area contributed by atoms with Crippen molar-refractivity contribution in [2.75, 3.05) is 6.61 Å². The van der Waals surface area contributed by atoms with Crippen LogP contribution in [0.1, 0.15) is 50.7 Å². The zero-order valence-electron chi connectivity index (χ0n) is 22.0. The van der Waals surface area contributed by atoms with Gasteiger partial charge in [0.2, 0.25) is 11.5 Å². The molecule has 0 saturated heterocycles. The van der Waals surface area contributed by atoms with E-state index in [0.29, 0.717) is 24.0 Å². The minimum absolute atomic E-state index is 0.0759. The summed E-state index contributed by atoms with van der Waals surface area (Å²) in [6.45, 7) is 7.74. The number of aliphatic hydroxyl groups is 2. The number of aliphatic hydroxyl groups excluding tert-OH is 1. The third kappa shape index (κ3) is 5.15. The van der Waals surface area contributed by atoms with Crippen LogP contribution < -0.4 is 10.5 Å². The molecule has 0 fully saturated rings. The Morgan fingerprint density at radius 3 is 2.41 bits per heavy atom. The molecule has 1 amide bonds. The molecular formula is C30H33F3N2O4. The van der Waals surface area contributed by atoms with Crippen LogP contribution in [-0.2, 0) is 16.9 Å². The van der Waals surface area contributed by atoms with Crippen molar-refractivity contribution in [1.29, 1.82) is 0 Å². The number of allylic oxidation sites excluding steroid dienone is 1. The Morgan fingerprint density at radius 1 is 1.10 bits per heavy atom. The fourth-order valence-corrected chi connectivity index (χ4v) is 5.61. The zero-order chi connectivity index (χ0) is 28.6. The van der Waals surface area contributed by atoms with Crippen LogP contribution in [0.2, 0.25) is 0 Å². The van der Waals surface area contributed by atoms with E-state index in [2.05, 4.69) is 6.58 Å². The van der Waals surface area contributed by atoms with Gasteiger partial charge >= 0.3 is 6.18 Å². The van der Waals surface area contributed by atoms with Gasteiger partial charge in [-0.3, -0.25) is 4.79 Å². The normalized spacial score (nSPS) is 16.6. The van der Waals surface area contributed by atoms with Crippen LogP contribution in [0.25, 0.3) is 22.3 Å². The Hall–Kier alpha value is -3.72. The first-order valence-electron chi connectivity index (χ1n) is 12.9. The van der Waals surface area contributed by atoms with Crippen LogP contribution in [-0.4, -0.2) is 33.5 Å². The number of nitrogens with zero attached hydrogens (tertiary/aromatic N) is 1. The smallest absolute Gasteiger partial charge is 0.425 e. The summed E-state index contributed by atoms with van der Waals surface area (Å²) in [4.78, 5) is 11.4. The lowest BCUT2D eigenvalue weighted by Gasteiger charge is -2.31. The number of benzene rings is 2. The van der Waals surface area contributed by atoms with Gasteiger partial charge in [0.1, 0.15) is 12.3 Å². The Balaban J connectivity index is 1.83. The number of hydrogen-bond donors (Lipinski definition) is 3. The zero-order valence-corrected chi connectivity index (χ0v) is 22.0. The topological polar surface area (TPSA) is 97.7 Å². The number of amides is 1. The van der Waals surface area contributed by atoms with E-state index < -0.39 is 17.7 Å². The van der Waals surface area contributed by atoms with Crippen molar-refractivity contribution in [3.8, 4) is 28.0 Å². The number of primary amides is 1. The van der Waals surface area contributed by atoms with Crippen LogP contribution in [0.5, 0.6) is 5.75 Å². The predicted molar refractivity (Wildman–Crippen MR) is 143 cm³/mol. The highest BCUT2D eigenvalue weighted by Gasteiger charge is 2.61. The van der Waals surface area contributed by atoms with Crippen molar-refractivity contribution >= 4 is 5.91 Å². The molecule has 1 atom stereocenters. The number of carbonyl (C=O) groups excluding carboxylic acids is 1. The molecule has 6 nitrogen and oxygen atoms in total. The number of alkyl halides is 3. The monoisotopic (exact) mass is 542 g/mol. The van der Waals surface area contributed by atoms with E-state index in [0.717, 1.165) is 12.8 Å². The van der Waals surface area contributed by atoms with Gasteiger partial charge in [-0.15, -0.1) is 0 Å². The van der Waals surface area contributed by atoms with E-state index in [1.807, 2.05) is 13.8 Å². The van der Waals surface area contributed by atoms with Gasteiger partial charge < -0.3 is 25.3 Å². The van der Waals surface area contributed by atoms with Gasteiger partial charge in [-0.05, 0) is 59.6 Å². The quantitative estimate of drug-likeness (QED) is 0.242. The molecular weight excluding hydrogens is 509 g/mol. The van der Waals surface area contributed by atoms with E-state index in [1.165, 1.54) is 18.2 Å². The first-order chi connectivity index (χ1) is 18.3. The molecule has 0 radical (unpaired) electrons. The average molecular weight is 543 g/mol. The molecule has 9 heteroatoms. The summed E-state index contributed by atoms with van der Waals surface area (Å²) in [6, 6.07) is 10.5. The lowest BCUT2D eigenvalue weighted by molar-refractivity contribution is -0.246. The summed E-state index contributed by atoms with van der Waals surface area (Å²) in [6.07, 6.45) is 0.721. The first-order valence-corrected chi connectivity index (χ1v) is 12.9. The molecule has 0 spiro atoms. The van der Waals surface area contributed by atoms with Crippen molar-refractivity contribution < 1.29 is 32.9 Å². The molecule has 39 heavy (non-hydrogen) atoms.